The largest absolute Gasteiger partial charge is 0.479 e. The van der Waals surface area contributed by atoms with Gasteiger partial charge in [0.15, 0.2) is 6.61 Å². The Hall–Kier alpha value is -1.53. The predicted octanol–water partition coefficient (Wildman–Crippen LogP) is 1.87. The minimum atomic E-state index is 0.0911. The second-order valence-corrected chi connectivity index (χ2v) is 3.46. The fourth-order valence-electron chi connectivity index (χ4n) is 1.28. The van der Waals surface area contributed by atoms with Crippen LogP contribution in [0.15, 0.2) is 24.3 Å². The number of nitriles is 1. The zero-order valence-corrected chi connectivity index (χ0v) is 8.94. The lowest BCUT2D eigenvalue weighted by Crippen LogP contribution is -2.21. The van der Waals surface area contributed by atoms with Crippen molar-refractivity contribution < 1.29 is 4.74 Å². The van der Waals surface area contributed by atoms with Crippen molar-refractivity contribution in [1.29, 1.82) is 5.26 Å². The van der Waals surface area contributed by atoms with Gasteiger partial charge in [-0.3, -0.25) is 0 Å². The monoisotopic (exact) mass is 204 g/mol. The molecule has 0 saturated carbocycles. The summed E-state index contributed by atoms with van der Waals surface area (Å²) in [5, 5.41) is 8.34. The maximum absolute atomic E-state index is 8.34. The molecule has 0 heterocycles. The molecule has 3 nitrogen and oxygen atoms in total. The summed E-state index contributed by atoms with van der Waals surface area (Å²) in [4.78, 5) is 0. The van der Waals surface area contributed by atoms with Crippen LogP contribution >= 0.6 is 0 Å². The van der Waals surface area contributed by atoms with E-state index in [1.807, 2.05) is 30.3 Å². The van der Waals surface area contributed by atoms with E-state index in [9.17, 15) is 0 Å². The number of ether oxygens (including phenoxy) is 1. The van der Waals surface area contributed by atoms with E-state index in [1.165, 1.54) is 5.56 Å². The van der Waals surface area contributed by atoms with Gasteiger partial charge in [-0.15, -0.1) is 0 Å². The summed E-state index contributed by atoms with van der Waals surface area (Å²) in [6, 6.07) is 9.87. The summed E-state index contributed by atoms with van der Waals surface area (Å²) in [5.74, 6) is 0.727. The lowest BCUT2D eigenvalue weighted by atomic mass is 10.0. The molecule has 3 heteroatoms. The Morgan fingerprint density at radius 1 is 1.40 bits per heavy atom. The summed E-state index contributed by atoms with van der Waals surface area (Å²) in [7, 11) is 0. The van der Waals surface area contributed by atoms with Crippen LogP contribution < -0.4 is 10.5 Å². The first-order valence-corrected chi connectivity index (χ1v) is 5.10. The number of rotatable bonds is 5. The molecule has 0 aromatic heterocycles. The minimum absolute atomic E-state index is 0.0911. The SMILES string of the molecule is CCC(N)Cc1ccc(OCC#N)cc1. The van der Waals surface area contributed by atoms with Crippen molar-refractivity contribution in [1.82, 2.24) is 0 Å². The second-order valence-electron chi connectivity index (χ2n) is 3.46. The zero-order valence-electron chi connectivity index (χ0n) is 8.94. The molecular formula is C12H16N2O. The van der Waals surface area contributed by atoms with Crippen molar-refractivity contribution in [2.45, 2.75) is 25.8 Å². The topological polar surface area (TPSA) is 59.0 Å². The maximum Gasteiger partial charge on any atom is 0.174 e. The van der Waals surface area contributed by atoms with E-state index >= 15 is 0 Å². The molecule has 1 aromatic rings. The third kappa shape index (κ3) is 4.01. The summed E-state index contributed by atoms with van der Waals surface area (Å²) in [6.07, 6.45) is 1.86. The van der Waals surface area contributed by atoms with E-state index in [0.717, 1.165) is 18.6 Å². The smallest absolute Gasteiger partial charge is 0.174 e. The van der Waals surface area contributed by atoms with E-state index in [1.54, 1.807) is 0 Å². The van der Waals surface area contributed by atoms with Crippen LogP contribution in [0.2, 0.25) is 0 Å². The lowest BCUT2D eigenvalue weighted by molar-refractivity contribution is 0.368. The van der Waals surface area contributed by atoms with Crippen molar-refractivity contribution in [2.75, 3.05) is 6.61 Å². The van der Waals surface area contributed by atoms with Crippen LogP contribution in [0.3, 0.4) is 0 Å². The van der Waals surface area contributed by atoms with Crippen LogP contribution in [0.5, 0.6) is 5.75 Å². The molecule has 0 aliphatic carbocycles. The van der Waals surface area contributed by atoms with Crippen molar-refractivity contribution in [3.63, 3.8) is 0 Å². The quantitative estimate of drug-likeness (QED) is 0.796. The van der Waals surface area contributed by atoms with E-state index in [2.05, 4.69) is 6.92 Å². The van der Waals surface area contributed by atoms with Gasteiger partial charge >= 0.3 is 0 Å². The van der Waals surface area contributed by atoms with Gasteiger partial charge in [0.25, 0.3) is 0 Å². The summed E-state index contributed by atoms with van der Waals surface area (Å²) < 4.78 is 5.15. The zero-order chi connectivity index (χ0) is 11.1. The molecule has 0 amide bonds. The summed E-state index contributed by atoms with van der Waals surface area (Å²) in [5.41, 5.74) is 7.05. The molecule has 0 saturated heterocycles. The van der Waals surface area contributed by atoms with Gasteiger partial charge in [-0.1, -0.05) is 19.1 Å². The molecule has 1 aromatic carbocycles. The molecule has 1 rings (SSSR count). The predicted molar refractivity (Wildman–Crippen MR) is 59.5 cm³/mol. The molecule has 0 aliphatic heterocycles. The van der Waals surface area contributed by atoms with Gasteiger partial charge in [0.1, 0.15) is 11.8 Å². The number of nitrogens with zero attached hydrogens (tertiary/aromatic N) is 1. The highest BCUT2D eigenvalue weighted by Gasteiger charge is 2.01. The van der Waals surface area contributed by atoms with Gasteiger partial charge in [-0.2, -0.15) is 5.26 Å². The van der Waals surface area contributed by atoms with Crippen LogP contribution in [-0.4, -0.2) is 12.6 Å². The fraction of sp³-hybridized carbons (Fsp3) is 0.417. The molecule has 0 aliphatic rings. The first-order chi connectivity index (χ1) is 7.26. The Balaban J connectivity index is 2.53. The van der Waals surface area contributed by atoms with Crippen molar-refractivity contribution >= 4 is 0 Å². The molecular weight excluding hydrogens is 188 g/mol. The van der Waals surface area contributed by atoms with E-state index in [-0.39, 0.29) is 12.6 Å². The van der Waals surface area contributed by atoms with Crippen molar-refractivity contribution in [3.8, 4) is 11.8 Å². The highest BCUT2D eigenvalue weighted by Crippen LogP contribution is 2.13. The van der Waals surface area contributed by atoms with E-state index in [4.69, 9.17) is 15.7 Å². The molecule has 80 valence electrons. The Bertz CT molecular complexity index is 326. The first-order valence-electron chi connectivity index (χ1n) is 5.10. The van der Waals surface area contributed by atoms with Crippen LogP contribution in [0.25, 0.3) is 0 Å². The minimum Gasteiger partial charge on any atom is -0.479 e. The fourth-order valence-corrected chi connectivity index (χ4v) is 1.28. The first kappa shape index (κ1) is 11.5. The third-order valence-electron chi connectivity index (χ3n) is 2.25. The molecule has 2 N–H and O–H groups in total. The van der Waals surface area contributed by atoms with Crippen LogP contribution in [0.4, 0.5) is 0 Å². The van der Waals surface area contributed by atoms with E-state index < -0.39 is 0 Å². The van der Waals surface area contributed by atoms with Crippen LogP contribution in [0.1, 0.15) is 18.9 Å². The Morgan fingerprint density at radius 2 is 2.07 bits per heavy atom. The van der Waals surface area contributed by atoms with Gasteiger partial charge in [0.05, 0.1) is 0 Å². The van der Waals surface area contributed by atoms with Gasteiger partial charge in [-0.25, -0.2) is 0 Å². The summed E-state index contributed by atoms with van der Waals surface area (Å²) >= 11 is 0. The Labute approximate surface area is 90.5 Å². The summed E-state index contributed by atoms with van der Waals surface area (Å²) in [6.45, 7) is 2.17. The molecule has 15 heavy (non-hydrogen) atoms. The normalized spacial score (nSPS) is 11.8. The maximum atomic E-state index is 8.34. The molecule has 0 radical (unpaired) electrons. The van der Waals surface area contributed by atoms with Crippen molar-refractivity contribution in [2.24, 2.45) is 5.73 Å². The van der Waals surface area contributed by atoms with Crippen LogP contribution in [0, 0.1) is 11.3 Å². The van der Waals surface area contributed by atoms with Gasteiger partial charge in [0.2, 0.25) is 0 Å². The average Bonchev–Trinajstić information content (AvgIpc) is 2.28. The van der Waals surface area contributed by atoms with Crippen molar-refractivity contribution in [3.05, 3.63) is 29.8 Å². The molecule has 0 spiro atoms. The molecule has 1 unspecified atom stereocenters. The van der Waals surface area contributed by atoms with Gasteiger partial charge < -0.3 is 10.5 Å². The van der Waals surface area contributed by atoms with Gasteiger partial charge in [0, 0.05) is 6.04 Å². The van der Waals surface area contributed by atoms with Gasteiger partial charge in [-0.05, 0) is 30.5 Å². The molecule has 0 fully saturated rings. The third-order valence-corrected chi connectivity index (χ3v) is 2.25. The van der Waals surface area contributed by atoms with E-state index in [0.29, 0.717) is 0 Å². The second kappa shape index (κ2) is 6.05. The standard InChI is InChI=1S/C12H16N2O/c1-2-11(14)9-10-3-5-12(6-4-10)15-8-7-13/h3-6,11H,2,8-9,14H2,1H3. The highest BCUT2D eigenvalue weighted by molar-refractivity contribution is 5.27. The average molecular weight is 204 g/mol. The lowest BCUT2D eigenvalue weighted by Gasteiger charge is -2.09. The van der Waals surface area contributed by atoms with Crippen LogP contribution in [-0.2, 0) is 6.42 Å². The number of hydrogen-bond donors (Lipinski definition) is 1. The molecule has 1 atom stereocenters. The number of benzene rings is 1. The highest BCUT2D eigenvalue weighted by atomic mass is 16.5. The number of nitrogens with two attached hydrogens (primary N) is 1. The Morgan fingerprint density at radius 3 is 2.60 bits per heavy atom. The number of hydrogen-bond acceptors (Lipinski definition) is 3. The molecule has 0 bridgehead atoms. The Kier molecular flexibility index (Phi) is 4.65.